The van der Waals surface area contributed by atoms with Crippen LogP contribution in [0.2, 0.25) is 0 Å². The van der Waals surface area contributed by atoms with E-state index in [4.69, 9.17) is 0 Å². The Labute approximate surface area is 145 Å². The molecule has 2 aromatic carbocycles. The quantitative estimate of drug-likeness (QED) is 0.898. The molecule has 0 saturated carbocycles. The summed E-state index contributed by atoms with van der Waals surface area (Å²) in [6, 6.07) is 10.9. The molecule has 2 amide bonds. The molecule has 0 fully saturated rings. The Balaban J connectivity index is 1.65. The van der Waals surface area contributed by atoms with Gasteiger partial charge in [0.2, 0.25) is 11.8 Å². The minimum atomic E-state index is -1.07. The first-order chi connectivity index (χ1) is 11.9. The molecule has 2 aromatic rings. The first-order valence-electron chi connectivity index (χ1n) is 8.08. The average Bonchev–Trinajstić information content (AvgIpc) is 2.98. The summed E-state index contributed by atoms with van der Waals surface area (Å²) < 4.78 is 13.2. The first kappa shape index (κ1) is 17.1. The Morgan fingerprint density at radius 1 is 1.28 bits per heavy atom. The monoisotopic (exact) mass is 342 g/mol. The fraction of sp³-hybridized carbons (Fsp3) is 0.263. The van der Waals surface area contributed by atoms with E-state index in [-0.39, 0.29) is 18.2 Å². The van der Waals surface area contributed by atoms with Gasteiger partial charge < -0.3 is 15.3 Å². The second kappa shape index (κ2) is 7.03. The number of carbonyl (C=O) groups excluding carboxylic acids is 2. The van der Waals surface area contributed by atoms with Gasteiger partial charge in [-0.1, -0.05) is 12.1 Å². The molecule has 1 heterocycles. The minimum absolute atomic E-state index is 0.00579. The molecule has 0 saturated heterocycles. The number of nitrogens with zero attached hydrogens (tertiary/aromatic N) is 1. The van der Waals surface area contributed by atoms with Crippen molar-refractivity contribution in [1.29, 1.82) is 0 Å². The number of halogens is 1. The largest absolute Gasteiger partial charge is 0.388 e. The number of carbonyl (C=O) groups is 2. The topological polar surface area (TPSA) is 69.6 Å². The van der Waals surface area contributed by atoms with E-state index >= 15 is 0 Å². The maximum absolute atomic E-state index is 13.2. The number of aliphatic hydroxyl groups is 1. The van der Waals surface area contributed by atoms with Crippen LogP contribution in [-0.2, 0) is 16.0 Å². The number of anilines is 2. The molecule has 1 atom stereocenters. The maximum Gasteiger partial charge on any atom is 0.227 e. The van der Waals surface area contributed by atoms with E-state index in [0.29, 0.717) is 17.8 Å². The van der Waals surface area contributed by atoms with Crippen molar-refractivity contribution < 1.29 is 19.1 Å². The molecule has 5 nitrogen and oxygen atoms in total. The van der Waals surface area contributed by atoms with Gasteiger partial charge in [-0.3, -0.25) is 9.59 Å². The van der Waals surface area contributed by atoms with Crippen LogP contribution in [0.1, 0.15) is 30.6 Å². The summed E-state index contributed by atoms with van der Waals surface area (Å²) >= 11 is 0. The van der Waals surface area contributed by atoms with E-state index in [1.165, 1.54) is 25.1 Å². The normalized spacial score (nSPS) is 14.1. The van der Waals surface area contributed by atoms with Crippen molar-refractivity contribution in [1.82, 2.24) is 0 Å². The second-order valence-electron chi connectivity index (χ2n) is 6.09. The number of amides is 2. The van der Waals surface area contributed by atoms with Crippen molar-refractivity contribution in [3.05, 3.63) is 59.4 Å². The van der Waals surface area contributed by atoms with Crippen molar-refractivity contribution in [2.75, 3.05) is 16.8 Å². The minimum Gasteiger partial charge on any atom is -0.388 e. The van der Waals surface area contributed by atoms with Crippen molar-refractivity contribution in [3.8, 4) is 0 Å². The van der Waals surface area contributed by atoms with Gasteiger partial charge in [0.25, 0.3) is 0 Å². The van der Waals surface area contributed by atoms with Crippen LogP contribution >= 0.6 is 0 Å². The molecule has 0 spiro atoms. The molecule has 0 radical (unpaired) electrons. The lowest BCUT2D eigenvalue weighted by Crippen LogP contribution is -2.25. The van der Waals surface area contributed by atoms with E-state index in [1.54, 1.807) is 17.0 Å². The van der Waals surface area contributed by atoms with Crippen LogP contribution in [0, 0.1) is 5.82 Å². The maximum atomic E-state index is 13.2. The summed E-state index contributed by atoms with van der Waals surface area (Å²) in [7, 11) is 0. The predicted octanol–water partition coefficient (Wildman–Crippen LogP) is 2.80. The van der Waals surface area contributed by atoms with Gasteiger partial charge in [0, 0.05) is 24.8 Å². The molecule has 0 aliphatic carbocycles. The third-order valence-corrected chi connectivity index (χ3v) is 4.25. The van der Waals surface area contributed by atoms with E-state index in [0.717, 1.165) is 17.7 Å². The lowest BCUT2D eigenvalue weighted by molar-refractivity contribution is -0.118. The van der Waals surface area contributed by atoms with Gasteiger partial charge in [-0.05, 0) is 47.9 Å². The van der Waals surface area contributed by atoms with Gasteiger partial charge in [0.1, 0.15) is 5.82 Å². The number of hydrogen-bond acceptors (Lipinski definition) is 3. The average molecular weight is 342 g/mol. The number of nitrogens with one attached hydrogen (secondary N) is 1. The Hall–Kier alpha value is -2.73. The highest BCUT2D eigenvalue weighted by molar-refractivity contribution is 5.95. The second-order valence-corrected chi connectivity index (χ2v) is 6.09. The van der Waals surface area contributed by atoms with Crippen LogP contribution < -0.4 is 10.2 Å². The molecule has 25 heavy (non-hydrogen) atoms. The molecule has 1 unspecified atom stereocenters. The molecule has 1 aliphatic rings. The molecular formula is C19H19FN2O3. The van der Waals surface area contributed by atoms with Gasteiger partial charge in [-0.25, -0.2) is 4.39 Å². The summed E-state index contributed by atoms with van der Waals surface area (Å²) in [5, 5.41) is 12.8. The van der Waals surface area contributed by atoms with Gasteiger partial charge in [0.05, 0.1) is 12.5 Å². The van der Waals surface area contributed by atoms with E-state index in [9.17, 15) is 19.1 Å². The summed E-state index contributed by atoms with van der Waals surface area (Å²) in [4.78, 5) is 25.4. The smallest absolute Gasteiger partial charge is 0.227 e. The number of hydrogen-bond donors (Lipinski definition) is 2. The number of rotatable bonds is 4. The van der Waals surface area contributed by atoms with Crippen molar-refractivity contribution in [2.24, 2.45) is 0 Å². The third kappa shape index (κ3) is 3.85. The van der Waals surface area contributed by atoms with Crippen LogP contribution in [0.4, 0.5) is 15.8 Å². The molecular weight excluding hydrogens is 323 g/mol. The third-order valence-electron chi connectivity index (χ3n) is 4.25. The van der Waals surface area contributed by atoms with Crippen LogP contribution in [0.3, 0.4) is 0 Å². The lowest BCUT2D eigenvalue weighted by Gasteiger charge is -2.15. The summed E-state index contributed by atoms with van der Waals surface area (Å²) in [5.41, 5.74) is 2.84. The predicted molar refractivity (Wildman–Crippen MR) is 92.8 cm³/mol. The number of benzene rings is 2. The Morgan fingerprint density at radius 3 is 2.80 bits per heavy atom. The highest BCUT2D eigenvalue weighted by Crippen LogP contribution is 2.30. The highest BCUT2D eigenvalue weighted by Gasteiger charge is 2.22. The van der Waals surface area contributed by atoms with Gasteiger partial charge in [0.15, 0.2) is 0 Å². The molecule has 1 aliphatic heterocycles. The Bertz CT molecular complexity index is 822. The molecule has 130 valence electrons. The van der Waals surface area contributed by atoms with Crippen LogP contribution in [0.25, 0.3) is 0 Å². The zero-order chi connectivity index (χ0) is 18.0. The van der Waals surface area contributed by atoms with E-state index in [1.807, 2.05) is 12.1 Å². The SMILES string of the molecule is CC(=O)N1CCc2cc(NC(=O)CC(O)c3cccc(F)c3)ccc21. The molecule has 6 heteroatoms. The summed E-state index contributed by atoms with van der Waals surface area (Å²) in [6.07, 6.45) is -0.497. The van der Waals surface area contributed by atoms with Crippen molar-refractivity contribution >= 4 is 23.2 Å². The fourth-order valence-corrected chi connectivity index (χ4v) is 3.03. The number of fused-ring (bicyclic) bond motifs is 1. The number of aliphatic hydroxyl groups excluding tert-OH is 1. The van der Waals surface area contributed by atoms with Crippen LogP contribution in [0.5, 0.6) is 0 Å². The zero-order valence-corrected chi connectivity index (χ0v) is 13.8. The molecule has 0 bridgehead atoms. The molecule has 2 N–H and O–H groups in total. The molecule has 3 rings (SSSR count). The summed E-state index contributed by atoms with van der Waals surface area (Å²) in [6.45, 7) is 2.17. The van der Waals surface area contributed by atoms with Crippen molar-refractivity contribution in [3.63, 3.8) is 0 Å². The van der Waals surface area contributed by atoms with Crippen LogP contribution in [0.15, 0.2) is 42.5 Å². The van der Waals surface area contributed by atoms with Gasteiger partial charge >= 0.3 is 0 Å². The first-order valence-corrected chi connectivity index (χ1v) is 8.08. The fourth-order valence-electron chi connectivity index (χ4n) is 3.03. The van der Waals surface area contributed by atoms with Gasteiger partial charge in [-0.15, -0.1) is 0 Å². The van der Waals surface area contributed by atoms with E-state index in [2.05, 4.69) is 5.32 Å². The zero-order valence-electron chi connectivity index (χ0n) is 13.8. The van der Waals surface area contributed by atoms with Crippen LogP contribution in [-0.4, -0.2) is 23.5 Å². The Morgan fingerprint density at radius 2 is 2.08 bits per heavy atom. The lowest BCUT2D eigenvalue weighted by atomic mass is 10.1. The van der Waals surface area contributed by atoms with Crippen molar-refractivity contribution in [2.45, 2.75) is 25.9 Å². The van der Waals surface area contributed by atoms with Gasteiger partial charge in [-0.2, -0.15) is 0 Å². The van der Waals surface area contributed by atoms with E-state index < -0.39 is 11.9 Å². The Kier molecular flexibility index (Phi) is 4.81. The molecule has 0 aromatic heterocycles. The summed E-state index contributed by atoms with van der Waals surface area (Å²) in [5.74, 6) is -0.822. The standard InChI is InChI=1S/C19H19FN2O3/c1-12(23)22-8-7-13-10-16(5-6-17(13)22)21-19(25)11-18(24)14-3-2-4-15(20)9-14/h2-6,9-10,18,24H,7-8,11H2,1H3,(H,21,25). The highest BCUT2D eigenvalue weighted by atomic mass is 19.1.